The van der Waals surface area contributed by atoms with Crippen molar-refractivity contribution >= 4 is 17.6 Å². The van der Waals surface area contributed by atoms with Crippen molar-refractivity contribution in [1.29, 1.82) is 0 Å². The molecular weight excluding hydrogens is 582 g/mol. The maximum atomic E-state index is 15.5. The number of hydrogen-bond donors (Lipinski definition) is 1. The zero-order valence-corrected chi connectivity index (χ0v) is 25.2. The van der Waals surface area contributed by atoms with Crippen LogP contribution >= 0.6 is 0 Å². The Kier molecular flexibility index (Phi) is 9.80. The van der Waals surface area contributed by atoms with Gasteiger partial charge in [-0.05, 0) is 77.5 Å². The van der Waals surface area contributed by atoms with E-state index in [1.54, 1.807) is 39.8 Å². The topological polar surface area (TPSA) is 102 Å². The van der Waals surface area contributed by atoms with Crippen LogP contribution in [0, 0.1) is 31.5 Å². The predicted octanol–water partition coefficient (Wildman–Crippen LogP) is 7.89. The number of carboxylic acid groups (broad SMARTS) is 1. The molecule has 0 unspecified atom stereocenters. The monoisotopic (exact) mass is 617 g/mol. The number of amides is 1. The average molecular weight is 618 g/mol. The molecule has 4 rings (SSSR count). The van der Waals surface area contributed by atoms with Crippen molar-refractivity contribution in [3.05, 3.63) is 70.4 Å². The van der Waals surface area contributed by atoms with Crippen molar-refractivity contribution in [2.24, 2.45) is 11.8 Å². The van der Waals surface area contributed by atoms with E-state index in [0.717, 1.165) is 42.9 Å². The molecule has 0 bridgehead atoms. The Bertz CT molecular complexity index is 1530. The molecule has 0 radical (unpaired) electrons. The number of hydrogen-bond acceptors (Lipinski definition) is 6. The lowest BCUT2D eigenvalue weighted by Gasteiger charge is -2.34. The lowest BCUT2D eigenvalue weighted by Crippen LogP contribution is -2.43. The van der Waals surface area contributed by atoms with Crippen LogP contribution in [-0.4, -0.2) is 33.0 Å². The summed E-state index contributed by atoms with van der Waals surface area (Å²) in [5.74, 6) is -4.20. The SMILES string of the molecule is Cc1ccc(OCc2cnc(Oc3cc(C(=O)O)c(N(C(=O)C4CCC(C)CC4)C(C)C)cc3F)c(C(F)(F)F)c2)c(C)n1. The number of alkyl halides is 3. The highest BCUT2D eigenvalue weighted by atomic mass is 19.4. The second-order valence-electron chi connectivity index (χ2n) is 11.5. The molecular formula is C32H35F4N3O5. The first-order valence-electron chi connectivity index (χ1n) is 14.4. The largest absolute Gasteiger partial charge is 0.487 e. The number of halogens is 4. The van der Waals surface area contributed by atoms with Crippen LogP contribution in [0.15, 0.2) is 36.5 Å². The van der Waals surface area contributed by atoms with Crippen molar-refractivity contribution in [2.45, 2.75) is 79.1 Å². The van der Waals surface area contributed by atoms with E-state index in [1.165, 1.54) is 4.90 Å². The minimum atomic E-state index is -4.94. The zero-order chi connectivity index (χ0) is 32.3. The molecule has 2 aromatic heterocycles. The molecule has 1 aliphatic carbocycles. The van der Waals surface area contributed by atoms with Crippen molar-refractivity contribution in [2.75, 3.05) is 4.90 Å². The Morgan fingerprint density at radius 1 is 1.07 bits per heavy atom. The molecule has 1 N–H and O–H groups in total. The molecule has 44 heavy (non-hydrogen) atoms. The number of aromatic nitrogens is 2. The summed E-state index contributed by atoms with van der Waals surface area (Å²) in [6, 6.07) is 5.22. The first-order valence-corrected chi connectivity index (χ1v) is 14.4. The Labute approximate surface area is 253 Å². The van der Waals surface area contributed by atoms with Gasteiger partial charge in [-0.1, -0.05) is 6.92 Å². The maximum Gasteiger partial charge on any atom is 0.421 e. The summed E-state index contributed by atoms with van der Waals surface area (Å²) < 4.78 is 68.5. The molecule has 1 aromatic carbocycles. The number of aromatic carboxylic acids is 1. The van der Waals surface area contributed by atoms with Crippen LogP contribution in [0.25, 0.3) is 0 Å². The molecule has 236 valence electrons. The average Bonchev–Trinajstić information content (AvgIpc) is 2.94. The molecule has 2 heterocycles. The fourth-order valence-corrected chi connectivity index (χ4v) is 5.30. The van der Waals surface area contributed by atoms with Crippen LogP contribution in [0.3, 0.4) is 0 Å². The molecule has 0 aliphatic heterocycles. The van der Waals surface area contributed by atoms with E-state index in [1.807, 2.05) is 0 Å². The number of carbonyl (C=O) groups is 2. The van der Waals surface area contributed by atoms with Gasteiger partial charge < -0.3 is 19.5 Å². The van der Waals surface area contributed by atoms with Gasteiger partial charge in [-0.15, -0.1) is 0 Å². The fraction of sp³-hybridized carbons (Fsp3) is 0.438. The molecule has 1 saturated carbocycles. The van der Waals surface area contributed by atoms with Gasteiger partial charge in [-0.2, -0.15) is 13.2 Å². The van der Waals surface area contributed by atoms with E-state index in [0.29, 0.717) is 30.2 Å². The summed E-state index contributed by atoms with van der Waals surface area (Å²) in [6.45, 7) is 8.70. The highest BCUT2D eigenvalue weighted by molar-refractivity contribution is 6.03. The fourth-order valence-electron chi connectivity index (χ4n) is 5.30. The first-order chi connectivity index (χ1) is 20.6. The molecule has 1 aliphatic rings. The molecule has 1 fully saturated rings. The summed E-state index contributed by atoms with van der Waals surface area (Å²) >= 11 is 0. The summed E-state index contributed by atoms with van der Waals surface area (Å²) in [5.41, 5.74) is -0.607. The number of nitrogens with zero attached hydrogens (tertiary/aromatic N) is 3. The molecule has 1 amide bonds. The third-order valence-electron chi connectivity index (χ3n) is 7.65. The van der Waals surface area contributed by atoms with Gasteiger partial charge in [-0.3, -0.25) is 9.78 Å². The Morgan fingerprint density at radius 3 is 2.34 bits per heavy atom. The van der Waals surface area contributed by atoms with Crippen molar-refractivity contribution in [3.8, 4) is 17.4 Å². The van der Waals surface area contributed by atoms with Gasteiger partial charge in [0, 0.05) is 41.5 Å². The van der Waals surface area contributed by atoms with Crippen LogP contribution in [0.2, 0.25) is 0 Å². The first kappa shape index (κ1) is 32.7. The molecule has 0 spiro atoms. The quantitative estimate of drug-likeness (QED) is 0.244. The van der Waals surface area contributed by atoms with Gasteiger partial charge in [0.2, 0.25) is 11.8 Å². The van der Waals surface area contributed by atoms with E-state index in [4.69, 9.17) is 9.47 Å². The number of carboxylic acids is 1. The smallest absolute Gasteiger partial charge is 0.421 e. The lowest BCUT2D eigenvalue weighted by molar-refractivity contribution is -0.139. The normalized spacial score (nSPS) is 17.0. The van der Waals surface area contributed by atoms with Crippen LogP contribution in [0.5, 0.6) is 17.4 Å². The minimum Gasteiger partial charge on any atom is -0.487 e. The van der Waals surface area contributed by atoms with Crippen LogP contribution in [0.4, 0.5) is 23.2 Å². The summed E-state index contributed by atoms with van der Waals surface area (Å²) in [4.78, 5) is 35.1. The highest BCUT2D eigenvalue weighted by Crippen LogP contribution is 2.40. The third kappa shape index (κ3) is 7.46. The Balaban J connectivity index is 1.65. The highest BCUT2D eigenvalue weighted by Gasteiger charge is 2.37. The van der Waals surface area contributed by atoms with E-state index in [9.17, 15) is 27.9 Å². The number of ether oxygens (including phenoxy) is 2. The third-order valence-corrected chi connectivity index (χ3v) is 7.65. The van der Waals surface area contributed by atoms with Crippen LogP contribution in [0.1, 0.15) is 79.3 Å². The van der Waals surface area contributed by atoms with Crippen LogP contribution < -0.4 is 14.4 Å². The van der Waals surface area contributed by atoms with E-state index in [-0.39, 0.29) is 29.7 Å². The van der Waals surface area contributed by atoms with Crippen LogP contribution in [-0.2, 0) is 17.6 Å². The van der Waals surface area contributed by atoms with Gasteiger partial charge >= 0.3 is 12.1 Å². The minimum absolute atomic E-state index is 0.0647. The molecule has 12 heteroatoms. The molecule has 0 atom stereocenters. The number of carbonyl (C=O) groups excluding carboxylic acids is 1. The zero-order valence-electron chi connectivity index (χ0n) is 25.2. The summed E-state index contributed by atoms with van der Waals surface area (Å²) in [6.07, 6.45) is -0.900. The van der Waals surface area contributed by atoms with Crippen molar-refractivity contribution in [3.63, 3.8) is 0 Å². The number of anilines is 1. The standard InChI is InChI=1S/C32H35F4N3O5/c1-17(2)39(30(40)22-9-6-18(3)7-10-22)26-14-25(33)28(13-23(26)31(41)42)44-29-24(32(34,35)36)12-21(15-37-29)16-43-27-11-8-19(4)38-20(27)5/h8,11-15,17-18,22H,6-7,9-10,16H2,1-5H3,(H,41,42). The van der Waals surface area contributed by atoms with Gasteiger partial charge in [0.25, 0.3) is 0 Å². The van der Waals surface area contributed by atoms with Crippen molar-refractivity contribution < 1.29 is 41.7 Å². The van der Waals surface area contributed by atoms with Gasteiger partial charge in [0.1, 0.15) is 17.9 Å². The summed E-state index contributed by atoms with van der Waals surface area (Å²) in [7, 11) is 0. The number of benzene rings is 1. The van der Waals surface area contributed by atoms with Gasteiger partial charge in [0.15, 0.2) is 11.6 Å². The molecule has 3 aromatic rings. The number of rotatable bonds is 9. The van der Waals surface area contributed by atoms with Gasteiger partial charge in [0.05, 0.1) is 16.9 Å². The summed E-state index contributed by atoms with van der Waals surface area (Å²) in [5, 5.41) is 9.98. The number of pyridine rings is 2. The second kappa shape index (κ2) is 13.2. The van der Waals surface area contributed by atoms with Crippen molar-refractivity contribution in [1.82, 2.24) is 9.97 Å². The molecule has 8 nitrogen and oxygen atoms in total. The lowest BCUT2D eigenvalue weighted by atomic mass is 9.82. The maximum absolute atomic E-state index is 15.5. The van der Waals surface area contributed by atoms with E-state index < -0.39 is 46.8 Å². The Morgan fingerprint density at radius 2 is 1.75 bits per heavy atom. The second-order valence-corrected chi connectivity index (χ2v) is 11.5. The van der Waals surface area contributed by atoms with E-state index in [2.05, 4.69) is 16.9 Å². The molecule has 0 saturated heterocycles. The Hall–Kier alpha value is -4.22. The van der Waals surface area contributed by atoms with Gasteiger partial charge in [-0.25, -0.2) is 14.2 Å². The predicted molar refractivity (Wildman–Crippen MR) is 154 cm³/mol. The number of aryl methyl sites for hydroxylation is 2. The van der Waals surface area contributed by atoms with E-state index >= 15 is 4.39 Å².